The van der Waals surface area contributed by atoms with Crippen molar-refractivity contribution in [3.8, 4) is 11.5 Å². The van der Waals surface area contributed by atoms with Crippen molar-refractivity contribution in [3.63, 3.8) is 0 Å². The van der Waals surface area contributed by atoms with Gasteiger partial charge < -0.3 is 19.7 Å². The van der Waals surface area contributed by atoms with Crippen molar-refractivity contribution >= 4 is 23.2 Å². The molecular formula is C21H24N2O4. The number of fused-ring (bicyclic) bond motifs is 1. The number of ether oxygens (including phenoxy) is 2. The van der Waals surface area contributed by atoms with E-state index in [0.29, 0.717) is 23.7 Å². The van der Waals surface area contributed by atoms with Crippen molar-refractivity contribution in [1.82, 2.24) is 0 Å². The van der Waals surface area contributed by atoms with Crippen molar-refractivity contribution in [1.29, 1.82) is 0 Å². The van der Waals surface area contributed by atoms with Crippen LogP contribution in [0.3, 0.4) is 0 Å². The third-order valence-corrected chi connectivity index (χ3v) is 4.42. The highest BCUT2D eigenvalue weighted by Gasteiger charge is 2.31. The number of methoxy groups -OCH3 is 1. The fourth-order valence-electron chi connectivity index (χ4n) is 3.07. The van der Waals surface area contributed by atoms with Crippen molar-refractivity contribution in [2.45, 2.75) is 32.8 Å². The van der Waals surface area contributed by atoms with Crippen LogP contribution >= 0.6 is 0 Å². The van der Waals surface area contributed by atoms with Crippen LogP contribution in [0.15, 0.2) is 42.5 Å². The highest BCUT2D eigenvalue weighted by atomic mass is 16.5. The average Bonchev–Trinajstić information content (AvgIpc) is 2.66. The summed E-state index contributed by atoms with van der Waals surface area (Å²) < 4.78 is 10.8. The molecule has 0 fully saturated rings. The van der Waals surface area contributed by atoms with E-state index < -0.39 is 6.10 Å². The number of nitrogens with zero attached hydrogens (tertiary/aromatic N) is 1. The highest BCUT2D eigenvalue weighted by Crippen LogP contribution is 2.36. The molecule has 0 aromatic heterocycles. The van der Waals surface area contributed by atoms with E-state index in [-0.39, 0.29) is 18.2 Å². The first-order valence-electron chi connectivity index (χ1n) is 9.06. The summed E-state index contributed by atoms with van der Waals surface area (Å²) in [6, 6.07) is 12.8. The zero-order valence-corrected chi connectivity index (χ0v) is 15.8. The highest BCUT2D eigenvalue weighted by molar-refractivity contribution is 6.01. The van der Waals surface area contributed by atoms with Gasteiger partial charge in [0.05, 0.1) is 19.2 Å². The van der Waals surface area contributed by atoms with E-state index in [4.69, 9.17) is 9.47 Å². The predicted octanol–water partition coefficient (Wildman–Crippen LogP) is 3.40. The van der Waals surface area contributed by atoms with Gasteiger partial charge in [0.25, 0.3) is 5.91 Å². The quantitative estimate of drug-likeness (QED) is 0.849. The molecule has 2 aromatic rings. The number of nitrogens with one attached hydrogen (secondary N) is 1. The predicted molar refractivity (Wildman–Crippen MR) is 105 cm³/mol. The van der Waals surface area contributed by atoms with E-state index in [1.165, 1.54) is 0 Å². The minimum atomic E-state index is -0.500. The van der Waals surface area contributed by atoms with Gasteiger partial charge in [0.15, 0.2) is 6.10 Å². The number of amides is 2. The molecule has 6 nitrogen and oxygen atoms in total. The van der Waals surface area contributed by atoms with Gasteiger partial charge in [0.1, 0.15) is 11.5 Å². The summed E-state index contributed by atoms with van der Waals surface area (Å²) in [5, 5.41) is 2.89. The van der Waals surface area contributed by atoms with Gasteiger partial charge in [0.2, 0.25) is 5.91 Å². The van der Waals surface area contributed by atoms with Crippen LogP contribution in [0.5, 0.6) is 11.5 Å². The van der Waals surface area contributed by atoms with Crippen molar-refractivity contribution < 1.29 is 19.1 Å². The van der Waals surface area contributed by atoms with E-state index in [9.17, 15) is 9.59 Å². The molecule has 1 unspecified atom stereocenters. The Kier molecular flexibility index (Phi) is 5.64. The average molecular weight is 368 g/mol. The van der Waals surface area contributed by atoms with Crippen LogP contribution in [0.2, 0.25) is 0 Å². The monoisotopic (exact) mass is 368 g/mol. The molecule has 0 saturated carbocycles. The van der Waals surface area contributed by atoms with E-state index in [1.807, 2.05) is 31.2 Å². The van der Waals surface area contributed by atoms with Gasteiger partial charge >= 0.3 is 0 Å². The number of carbonyl (C=O) groups excluding carboxylic acids is 2. The summed E-state index contributed by atoms with van der Waals surface area (Å²) in [6.45, 7) is 4.38. The van der Waals surface area contributed by atoms with E-state index in [0.717, 1.165) is 17.7 Å². The summed E-state index contributed by atoms with van der Waals surface area (Å²) >= 11 is 0. The summed E-state index contributed by atoms with van der Waals surface area (Å²) in [6.07, 6.45) is 0.595. The molecule has 0 aliphatic carbocycles. The second-order valence-electron chi connectivity index (χ2n) is 6.51. The van der Waals surface area contributed by atoms with Crippen molar-refractivity contribution in [3.05, 3.63) is 48.0 Å². The Balaban J connectivity index is 1.74. The van der Waals surface area contributed by atoms with Gasteiger partial charge in [-0.15, -0.1) is 0 Å². The van der Waals surface area contributed by atoms with Crippen molar-refractivity contribution in [2.75, 3.05) is 23.9 Å². The molecule has 6 heteroatoms. The van der Waals surface area contributed by atoms with Crippen LogP contribution in [0, 0.1) is 0 Å². The Morgan fingerprint density at radius 1 is 1.22 bits per heavy atom. The Morgan fingerprint density at radius 3 is 2.63 bits per heavy atom. The molecular weight excluding hydrogens is 344 g/mol. The molecule has 1 heterocycles. The van der Waals surface area contributed by atoms with Gasteiger partial charge in [-0.2, -0.15) is 0 Å². The summed E-state index contributed by atoms with van der Waals surface area (Å²) in [5.74, 6) is 1.22. The molecule has 1 aliphatic rings. The molecule has 2 amide bonds. The molecule has 27 heavy (non-hydrogen) atoms. The van der Waals surface area contributed by atoms with Crippen LogP contribution in [0.4, 0.5) is 11.4 Å². The maximum atomic E-state index is 12.4. The lowest BCUT2D eigenvalue weighted by atomic mass is 10.1. The molecule has 0 radical (unpaired) electrons. The molecule has 1 aliphatic heterocycles. The third-order valence-electron chi connectivity index (χ3n) is 4.42. The van der Waals surface area contributed by atoms with Crippen LogP contribution in [-0.4, -0.2) is 31.6 Å². The molecule has 0 spiro atoms. The smallest absolute Gasteiger partial charge is 0.267 e. The Labute approximate surface area is 159 Å². The first-order valence-corrected chi connectivity index (χ1v) is 9.06. The number of hydrogen-bond acceptors (Lipinski definition) is 4. The van der Waals surface area contributed by atoms with Gasteiger partial charge in [-0.3, -0.25) is 9.59 Å². The maximum absolute atomic E-state index is 12.4. The normalized spacial score (nSPS) is 15.7. The van der Waals surface area contributed by atoms with E-state index >= 15 is 0 Å². The summed E-state index contributed by atoms with van der Waals surface area (Å²) in [4.78, 5) is 26.5. The van der Waals surface area contributed by atoms with Crippen molar-refractivity contribution in [2.24, 2.45) is 0 Å². The van der Waals surface area contributed by atoms with E-state index in [1.54, 1.807) is 37.1 Å². The lowest BCUT2D eigenvalue weighted by Crippen LogP contribution is -2.44. The number of rotatable bonds is 6. The lowest BCUT2D eigenvalue weighted by molar-refractivity contribution is -0.125. The molecule has 0 saturated heterocycles. The van der Waals surface area contributed by atoms with E-state index in [2.05, 4.69) is 5.32 Å². The summed E-state index contributed by atoms with van der Waals surface area (Å²) in [7, 11) is 1.61. The van der Waals surface area contributed by atoms with Gasteiger partial charge in [-0.1, -0.05) is 19.1 Å². The van der Waals surface area contributed by atoms with Gasteiger partial charge in [-0.05, 0) is 49.2 Å². The summed E-state index contributed by atoms with van der Waals surface area (Å²) in [5.41, 5.74) is 2.23. The Morgan fingerprint density at radius 2 is 1.96 bits per heavy atom. The number of hydrogen-bond donors (Lipinski definition) is 1. The molecule has 2 aromatic carbocycles. The van der Waals surface area contributed by atoms with Crippen LogP contribution in [-0.2, 0) is 16.0 Å². The fraction of sp³-hybridized carbons (Fsp3) is 0.333. The second-order valence-corrected chi connectivity index (χ2v) is 6.51. The topological polar surface area (TPSA) is 67.9 Å². The van der Waals surface area contributed by atoms with Crippen LogP contribution < -0.4 is 19.7 Å². The van der Waals surface area contributed by atoms with Crippen LogP contribution in [0.1, 0.15) is 25.8 Å². The minimum absolute atomic E-state index is 0.0638. The zero-order chi connectivity index (χ0) is 19.4. The first kappa shape index (κ1) is 18.8. The molecule has 1 N–H and O–H groups in total. The van der Waals surface area contributed by atoms with Gasteiger partial charge in [-0.25, -0.2) is 0 Å². The minimum Gasteiger partial charge on any atom is -0.497 e. The number of carbonyl (C=O) groups is 2. The molecule has 142 valence electrons. The Hall–Kier alpha value is -3.02. The second kappa shape index (κ2) is 8.12. The standard InChI is InChI=1S/C21H24N2O4/c1-4-11-23-18-13-16(7-10-19(18)27-14(2)21(23)25)22-20(24)12-15-5-8-17(26-3)9-6-15/h5-10,13-14H,4,11-12H2,1-3H3,(H,22,24). The van der Waals surface area contributed by atoms with Gasteiger partial charge in [0, 0.05) is 12.2 Å². The number of anilines is 2. The number of benzene rings is 2. The third kappa shape index (κ3) is 4.22. The fourth-order valence-corrected chi connectivity index (χ4v) is 3.07. The Bertz CT molecular complexity index is 833. The zero-order valence-electron chi connectivity index (χ0n) is 15.8. The first-order chi connectivity index (χ1) is 13.0. The lowest BCUT2D eigenvalue weighted by Gasteiger charge is -2.33. The van der Waals surface area contributed by atoms with Crippen LogP contribution in [0.25, 0.3) is 0 Å². The largest absolute Gasteiger partial charge is 0.497 e. The molecule has 3 rings (SSSR count). The molecule has 0 bridgehead atoms. The SMILES string of the molecule is CCCN1C(=O)C(C)Oc2ccc(NC(=O)Cc3ccc(OC)cc3)cc21. The maximum Gasteiger partial charge on any atom is 0.267 e. The molecule has 1 atom stereocenters.